The molecule has 0 saturated heterocycles. The van der Waals surface area contributed by atoms with Gasteiger partial charge in [-0.2, -0.15) is 10.2 Å². The Kier molecular flexibility index (Phi) is 5.14. The number of anilines is 1. The average molecular weight is 398 g/mol. The van der Waals surface area contributed by atoms with Crippen LogP contribution in [0.5, 0.6) is 0 Å². The number of benzene rings is 2. The van der Waals surface area contributed by atoms with Crippen LogP contribution in [-0.2, 0) is 0 Å². The topological polar surface area (TPSA) is 88.0 Å². The fourth-order valence-electron chi connectivity index (χ4n) is 3.75. The Hall–Kier alpha value is -3.80. The minimum absolute atomic E-state index is 0.124. The number of rotatable bonds is 5. The zero-order valence-corrected chi connectivity index (χ0v) is 17.0. The first-order chi connectivity index (χ1) is 14.4. The molecular formula is C24H22N4O2. The molecule has 4 aromatic rings. The van der Waals surface area contributed by atoms with E-state index in [0.29, 0.717) is 5.69 Å². The summed E-state index contributed by atoms with van der Waals surface area (Å²) in [5.41, 5.74) is 6.78. The van der Waals surface area contributed by atoms with Gasteiger partial charge in [-0.25, -0.2) is 4.79 Å². The van der Waals surface area contributed by atoms with Crippen molar-refractivity contribution in [2.45, 2.75) is 26.8 Å². The maximum atomic E-state index is 11.6. The molecule has 6 nitrogen and oxygen atoms in total. The maximum absolute atomic E-state index is 11.6. The Balaban J connectivity index is 1.83. The third-order valence-electron chi connectivity index (χ3n) is 5.19. The van der Waals surface area contributed by atoms with Crippen LogP contribution in [0.3, 0.4) is 0 Å². The highest BCUT2D eigenvalue weighted by atomic mass is 16.4. The van der Waals surface area contributed by atoms with Gasteiger partial charge < -0.3 is 10.4 Å². The summed E-state index contributed by atoms with van der Waals surface area (Å²) in [6.45, 7) is 6.06. The molecule has 0 aliphatic rings. The molecule has 0 amide bonds. The van der Waals surface area contributed by atoms with Gasteiger partial charge >= 0.3 is 5.97 Å². The summed E-state index contributed by atoms with van der Waals surface area (Å²) in [6.07, 6.45) is 3.40. The number of nitrogens with zero attached hydrogens (tertiary/aromatic N) is 3. The van der Waals surface area contributed by atoms with E-state index in [1.165, 1.54) is 0 Å². The number of para-hydroxylation sites is 1. The lowest BCUT2D eigenvalue weighted by atomic mass is 9.95. The lowest BCUT2D eigenvalue weighted by Crippen LogP contribution is -2.11. The lowest BCUT2D eigenvalue weighted by molar-refractivity contribution is 0.0698. The van der Waals surface area contributed by atoms with Crippen molar-refractivity contribution in [2.24, 2.45) is 0 Å². The summed E-state index contributed by atoms with van der Waals surface area (Å²) in [6, 6.07) is 15.1. The maximum Gasteiger partial charge on any atom is 0.337 e. The van der Waals surface area contributed by atoms with E-state index in [0.717, 1.165) is 38.9 Å². The van der Waals surface area contributed by atoms with Crippen LogP contribution in [0.2, 0.25) is 0 Å². The summed E-state index contributed by atoms with van der Waals surface area (Å²) < 4.78 is 0. The van der Waals surface area contributed by atoms with Crippen molar-refractivity contribution < 1.29 is 9.90 Å². The summed E-state index contributed by atoms with van der Waals surface area (Å²) in [5.74, 6) is -0.954. The highest BCUT2D eigenvalue weighted by Crippen LogP contribution is 2.32. The van der Waals surface area contributed by atoms with Crippen LogP contribution >= 0.6 is 0 Å². The number of nitrogens with one attached hydrogen (secondary N) is 1. The van der Waals surface area contributed by atoms with E-state index in [-0.39, 0.29) is 11.6 Å². The second-order valence-corrected chi connectivity index (χ2v) is 7.39. The van der Waals surface area contributed by atoms with E-state index in [1.807, 2.05) is 32.9 Å². The van der Waals surface area contributed by atoms with E-state index >= 15 is 0 Å². The van der Waals surface area contributed by atoms with Gasteiger partial charge in [0.15, 0.2) is 0 Å². The van der Waals surface area contributed by atoms with Crippen molar-refractivity contribution in [3.05, 3.63) is 83.3 Å². The van der Waals surface area contributed by atoms with Gasteiger partial charge in [-0.15, -0.1) is 0 Å². The van der Waals surface area contributed by atoms with Crippen LogP contribution in [0.15, 0.2) is 60.9 Å². The number of pyridine rings is 1. The van der Waals surface area contributed by atoms with E-state index in [1.54, 1.807) is 30.6 Å². The SMILES string of the molecule is Cc1cc([C@H](C)Nc2ccccc2C(=O)O)c2cc(-c3ccnnc3)c(C)nc2c1. The Morgan fingerprint density at radius 3 is 2.60 bits per heavy atom. The minimum Gasteiger partial charge on any atom is -0.478 e. The van der Waals surface area contributed by atoms with Gasteiger partial charge in [0.05, 0.1) is 23.5 Å². The van der Waals surface area contributed by atoms with Gasteiger partial charge in [0, 0.05) is 33.9 Å². The van der Waals surface area contributed by atoms with Crippen molar-refractivity contribution in [2.75, 3.05) is 5.32 Å². The molecule has 2 heterocycles. The van der Waals surface area contributed by atoms with Gasteiger partial charge in [-0.05, 0) is 62.2 Å². The van der Waals surface area contributed by atoms with E-state index < -0.39 is 5.97 Å². The smallest absolute Gasteiger partial charge is 0.337 e. The van der Waals surface area contributed by atoms with Crippen LogP contribution in [-0.4, -0.2) is 26.3 Å². The predicted octanol–water partition coefficient (Wildman–Crippen LogP) is 5.18. The largest absolute Gasteiger partial charge is 0.478 e. The van der Waals surface area contributed by atoms with Crippen LogP contribution in [0, 0.1) is 13.8 Å². The zero-order valence-electron chi connectivity index (χ0n) is 17.0. The van der Waals surface area contributed by atoms with Crippen molar-refractivity contribution in [1.29, 1.82) is 0 Å². The molecule has 2 aromatic heterocycles. The standard InChI is InChI=1S/C24H22N4O2/c1-14-10-20(16(3)27-22-7-5-4-6-18(22)24(29)30)21-12-19(15(2)28-23(21)11-14)17-8-9-25-26-13-17/h4-13,16,27H,1-3H3,(H,29,30)/t16-/m0/s1. The van der Waals surface area contributed by atoms with Crippen molar-refractivity contribution in [3.8, 4) is 11.1 Å². The molecule has 2 aromatic carbocycles. The fraction of sp³-hybridized carbons (Fsp3) is 0.167. The fourth-order valence-corrected chi connectivity index (χ4v) is 3.75. The number of aromatic nitrogens is 3. The van der Waals surface area contributed by atoms with Crippen molar-refractivity contribution in [1.82, 2.24) is 15.2 Å². The molecular weight excluding hydrogens is 376 g/mol. The number of carbonyl (C=O) groups is 1. The van der Waals surface area contributed by atoms with Gasteiger partial charge in [-0.1, -0.05) is 18.2 Å². The number of carboxylic acids is 1. The molecule has 0 aliphatic heterocycles. The molecule has 2 N–H and O–H groups in total. The van der Waals surface area contributed by atoms with Crippen LogP contribution in [0.1, 0.15) is 40.1 Å². The van der Waals surface area contributed by atoms with E-state index in [4.69, 9.17) is 4.98 Å². The Bertz CT molecular complexity index is 1240. The lowest BCUT2D eigenvalue weighted by Gasteiger charge is -2.20. The van der Waals surface area contributed by atoms with Crippen molar-refractivity contribution in [3.63, 3.8) is 0 Å². The molecule has 0 fully saturated rings. The minimum atomic E-state index is -0.954. The number of hydrogen-bond acceptors (Lipinski definition) is 5. The molecule has 30 heavy (non-hydrogen) atoms. The predicted molar refractivity (Wildman–Crippen MR) is 118 cm³/mol. The molecule has 0 bridgehead atoms. The number of aryl methyl sites for hydroxylation is 2. The molecule has 0 unspecified atom stereocenters. The number of hydrogen-bond donors (Lipinski definition) is 2. The molecule has 0 spiro atoms. The Morgan fingerprint density at radius 2 is 1.87 bits per heavy atom. The average Bonchev–Trinajstić information content (AvgIpc) is 2.73. The van der Waals surface area contributed by atoms with E-state index in [9.17, 15) is 9.90 Å². The van der Waals surface area contributed by atoms with Crippen LogP contribution < -0.4 is 5.32 Å². The quantitative estimate of drug-likeness (QED) is 0.482. The Labute approximate surface area is 174 Å². The van der Waals surface area contributed by atoms with Crippen LogP contribution in [0.4, 0.5) is 5.69 Å². The molecule has 0 saturated carbocycles. The highest BCUT2D eigenvalue weighted by molar-refractivity contribution is 5.94. The summed E-state index contributed by atoms with van der Waals surface area (Å²) in [5, 5.41) is 21.7. The summed E-state index contributed by atoms with van der Waals surface area (Å²) in [4.78, 5) is 16.4. The molecule has 0 aliphatic carbocycles. The molecule has 0 radical (unpaired) electrons. The normalized spacial score (nSPS) is 12.0. The van der Waals surface area contributed by atoms with Crippen LogP contribution in [0.25, 0.3) is 22.0 Å². The highest BCUT2D eigenvalue weighted by Gasteiger charge is 2.17. The van der Waals surface area contributed by atoms with Gasteiger partial charge in [0.2, 0.25) is 0 Å². The second-order valence-electron chi connectivity index (χ2n) is 7.39. The van der Waals surface area contributed by atoms with Gasteiger partial charge in [0.1, 0.15) is 0 Å². The van der Waals surface area contributed by atoms with Gasteiger partial charge in [-0.3, -0.25) is 4.98 Å². The number of fused-ring (bicyclic) bond motifs is 1. The second kappa shape index (κ2) is 7.91. The molecule has 6 heteroatoms. The molecule has 150 valence electrons. The first-order valence-electron chi connectivity index (χ1n) is 9.72. The first-order valence-corrected chi connectivity index (χ1v) is 9.72. The molecule has 1 atom stereocenters. The first kappa shape index (κ1) is 19.5. The Morgan fingerprint density at radius 1 is 1.07 bits per heavy atom. The third kappa shape index (κ3) is 3.72. The summed E-state index contributed by atoms with van der Waals surface area (Å²) >= 11 is 0. The number of aromatic carboxylic acids is 1. The van der Waals surface area contributed by atoms with Crippen molar-refractivity contribution >= 4 is 22.6 Å². The zero-order chi connectivity index (χ0) is 21.3. The number of carboxylic acid groups (broad SMARTS) is 1. The summed E-state index contributed by atoms with van der Waals surface area (Å²) in [7, 11) is 0. The third-order valence-corrected chi connectivity index (χ3v) is 5.19. The van der Waals surface area contributed by atoms with Gasteiger partial charge in [0.25, 0.3) is 0 Å². The van der Waals surface area contributed by atoms with E-state index in [2.05, 4.69) is 33.7 Å². The molecule has 4 rings (SSSR count). The monoisotopic (exact) mass is 398 g/mol.